The van der Waals surface area contributed by atoms with Gasteiger partial charge in [-0.1, -0.05) is 115 Å². The Hall–Kier alpha value is -2.39. The number of rotatable bonds is 35. The lowest BCUT2D eigenvalue weighted by atomic mass is 10.0. The molecule has 0 bridgehead atoms. The molecule has 0 radical (unpaired) electrons. The number of hydrogen-bond donors (Lipinski definition) is 2. The summed E-state index contributed by atoms with van der Waals surface area (Å²) < 4.78 is 16.5. The van der Waals surface area contributed by atoms with E-state index in [2.05, 4.69) is 41.5 Å². The number of esters is 2. The van der Waals surface area contributed by atoms with Crippen molar-refractivity contribution in [1.29, 1.82) is 0 Å². The molecule has 1 aliphatic rings. The van der Waals surface area contributed by atoms with Gasteiger partial charge in [0.15, 0.2) is 0 Å². The van der Waals surface area contributed by atoms with Crippen LogP contribution in [0.15, 0.2) is 24.3 Å². The Bertz CT molecular complexity index is 840. The molecule has 50 heavy (non-hydrogen) atoms. The molecule has 0 aliphatic carbocycles. The predicted octanol–water partition coefficient (Wildman–Crippen LogP) is 9.54. The Kier molecular flexibility index (Phi) is 30.8. The van der Waals surface area contributed by atoms with Crippen molar-refractivity contribution in [3.05, 3.63) is 24.3 Å². The number of carbonyl (C=O) groups excluding carboxylic acids is 3. The normalized spacial score (nSPS) is 14.2. The summed E-state index contributed by atoms with van der Waals surface area (Å²) in [5, 5.41) is 6.19. The number of nitrogens with one attached hydrogen (secondary N) is 2. The second kappa shape index (κ2) is 33.7. The zero-order valence-corrected chi connectivity index (χ0v) is 32.4. The summed E-state index contributed by atoms with van der Waals surface area (Å²) in [4.78, 5) is 38.7. The van der Waals surface area contributed by atoms with Gasteiger partial charge in [-0.05, 0) is 71.3 Å². The number of amides is 1. The minimum atomic E-state index is -0.347. The Morgan fingerprint density at radius 1 is 0.680 bits per heavy atom. The molecule has 0 saturated carbocycles. The van der Waals surface area contributed by atoms with Crippen LogP contribution in [0.1, 0.15) is 168 Å². The van der Waals surface area contributed by atoms with Gasteiger partial charge in [-0.15, -0.1) is 0 Å². The van der Waals surface area contributed by atoms with E-state index in [4.69, 9.17) is 14.2 Å². The fraction of sp³-hybridized carbons (Fsp3) is 0.829. The summed E-state index contributed by atoms with van der Waals surface area (Å²) in [5.74, 6) is -0.231. The van der Waals surface area contributed by atoms with Crippen molar-refractivity contribution in [3.8, 4) is 0 Å². The molecule has 1 aliphatic heterocycles. The van der Waals surface area contributed by atoms with Crippen LogP contribution in [-0.4, -0.2) is 75.1 Å². The van der Waals surface area contributed by atoms with Crippen molar-refractivity contribution in [2.75, 3.05) is 40.0 Å². The molecule has 1 heterocycles. The molecule has 1 atom stereocenters. The Morgan fingerprint density at radius 3 is 1.62 bits per heavy atom. The average Bonchev–Trinajstić information content (AvgIpc) is 3.92. The summed E-state index contributed by atoms with van der Waals surface area (Å²) in [6.07, 6.45) is 32.4. The van der Waals surface area contributed by atoms with E-state index >= 15 is 0 Å². The van der Waals surface area contributed by atoms with E-state index in [9.17, 15) is 14.4 Å². The van der Waals surface area contributed by atoms with Gasteiger partial charge in [-0.3, -0.25) is 14.5 Å². The highest BCUT2D eigenvalue weighted by Gasteiger charge is 2.22. The Morgan fingerprint density at radius 2 is 1.14 bits per heavy atom. The Balaban J connectivity index is 2.20. The maximum Gasteiger partial charge on any atom is 0.408 e. The molecule has 1 unspecified atom stereocenters. The van der Waals surface area contributed by atoms with E-state index in [0.717, 1.165) is 103 Å². The molecule has 9 nitrogen and oxygen atoms in total. The van der Waals surface area contributed by atoms with Crippen LogP contribution >= 0.6 is 0 Å². The van der Waals surface area contributed by atoms with Gasteiger partial charge in [-0.2, -0.15) is 0 Å². The van der Waals surface area contributed by atoms with Crippen LogP contribution in [-0.2, 0) is 23.8 Å². The largest absolute Gasteiger partial charge is 0.461 e. The maximum atomic E-state index is 12.6. The molecule has 0 spiro atoms. The van der Waals surface area contributed by atoms with Gasteiger partial charge in [0, 0.05) is 32.0 Å². The number of unbranched alkanes of at least 4 members (excludes halogenated alkanes) is 16. The lowest BCUT2D eigenvalue weighted by Gasteiger charge is -2.21. The molecule has 2 N–H and O–H groups in total. The van der Waals surface area contributed by atoms with Crippen LogP contribution in [0.25, 0.3) is 0 Å². The maximum absolute atomic E-state index is 12.6. The van der Waals surface area contributed by atoms with E-state index in [1.54, 1.807) is 0 Å². The molecule has 9 heteroatoms. The molecular formula is C41H75N3O6. The second-order valence-corrected chi connectivity index (χ2v) is 14.1. The number of ether oxygens (including phenoxy) is 3. The molecule has 0 aromatic heterocycles. The molecule has 290 valence electrons. The standard InChI is InChI=1S/C41H75N3O6/c1-4-6-8-10-12-20-26-32-48-39(45)30-24-18-14-16-22-28-38(50-41(47)43-36-44(3)35-37-34-42-37)29-23-17-15-19-25-31-40(46)49-33-27-21-13-11-9-7-5-2/h20-21,26-27,37-38,42H,4-19,22-25,28-36H2,1-3H3,(H,43,47)/b26-20-,27-21-. The van der Waals surface area contributed by atoms with Crippen molar-refractivity contribution in [1.82, 2.24) is 15.5 Å². The summed E-state index contributed by atoms with van der Waals surface area (Å²) in [6, 6.07) is 0.529. The smallest absolute Gasteiger partial charge is 0.408 e. The third-order valence-electron chi connectivity index (χ3n) is 9.07. The van der Waals surface area contributed by atoms with Gasteiger partial charge < -0.3 is 24.8 Å². The number of carbonyl (C=O) groups is 3. The summed E-state index contributed by atoms with van der Waals surface area (Å²) in [7, 11) is 2.00. The SMILES string of the molecule is CCCCCC/C=C\COC(=O)CCCCCCCC(CCCCCCCC(=O)OC/C=C\CCCCCC)OC(=O)NCN(C)CC1CN1. The molecule has 0 aromatic carbocycles. The van der Waals surface area contributed by atoms with E-state index < -0.39 is 0 Å². The monoisotopic (exact) mass is 706 g/mol. The van der Waals surface area contributed by atoms with Crippen LogP contribution in [0.5, 0.6) is 0 Å². The molecule has 1 rings (SSSR count). The Labute approximate surface area is 306 Å². The molecule has 0 aromatic rings. The van der Waals surface area contributed by atoms with Crippen molar-refractivity contribution in [2.45, 2.75) is 180 Å². The molecule has 1 amide bonds. The zero-order valence-electron chi connectivity index (χ0n) is 32.4. The van der Waals surface area contributed by atoms with Gasteiger partial charge in [0.2, 0.25) is 0 Å². The van der Waals surface area contributed by atoms with Crippen LogP contribution < -0.4 is 10.6 Å². The molecular weight excluding hydrogens is 630 g/mol. The topological polar surface area (TPSA) is 116 Å². The minimum Gasteiger partial charge on any atom is -0.461 e. The first kappa shape index (κ1) is 45.6. The van der Waals surface area contributed by atoms with E-state index in [0.29, 0.717) is 38.8 Å². The molecule has 1 saturated heterocycles. The fourth-order valence-corrected chi connectivity index (χ4v) is 5.83. The highest BCUT2D eigenvalue weighted by Crippen LogP contribution is 2.17. The first-order chi connectivity index (χ1) is 24.4. The van der Waals surface area contributed by atoms with Gasteiger partial charge in [-0.25, -0.2) is 4.79 Å². The van der Waals surface area contributed by atoms with Gasteiger partial charge in [0.1, 0.15) is 19.3 Å². The lowest BCUT2D eigenvalue weighted by Crippen LogP contribution is -2.39. The number of nitrogens with zero attached hydrogens (tertiary/aromatic N) is 1. The summed E-state index contributed by atoms with van der Waals surface area (Å²) >= 11 is 0. The van der Waals surface area contributed by atoms with Crippen molar-refractivity contribution >= 4 is 18.0 Å². The number of allylic oxidation sites excluding steroid dienone is 2. The number of alkyl carbamates (subject to hydrolysis) is 1. The first-order valence-corrected chi connectivity index (χ1v) is 20.4. The number of hydrogen-bond acceptors (Lipinski definition) is 8. The van der Waals surface area contributed by atoms with Crippen LogP contribution in [0.4, 0.5) is 4.79 Å². The van der Waals surface area contributed by atoms with Crippen molar-refractivity contribution < 1.29 is 28.6 Å². The first-order valence-electron chi connectivity index (χ1n) is 20.4. The summed E-state index contributed by atoms with van der Waals surface area (Å²) in [6.45, 7) is 7.60. The van der Waals surface area contributed by atoms with Crippen LogP contribution in [0.2, 0.25) is 0 Å². The third-order valence-corrected chi connectivity index (χ3v) is 9.07. The zero-order chi connectivity index (χ0) is 36.3. The van der Waals surface area contributed by atoms with Gasteiger partial charge >= 0.3 is 18.0 Å². The van der Waals surface area contributed by atoms with E-state index in [-0.39, 0.29) is 24.1 Å². The van der Waals surface area contributed by atoms with Gasteiger partial charge in [0.05, 0.1) is 6.67 Å². The quantitative estimate of drug-likeness (QED) is 0.0167. The van der Waals surface area contributed by atoms with Gasteiger partial charge in [0.25, 0.3) is 0 Å². The van der Waals surface area contributed by atoms with Crippen molar-refractivity contribution in [3.63, 3.8) is 0 Å². The predicted molar refractivity (Wildman–Crippen MR) is 205 cm³/mol. The van der Waals surface area contributed by atoms with E-state index in [1.165, 1.54) is 51.4 Å². The highest BCUT2D eigenvalue weighted by atomic mass is 16.6. The van der Waals surface area contributed by atoms with Crippen LogP contribution in [0.3, 0.4) is 0 Å². The second-order valence-electron chi connectivity index (χ2n) is 14.1. The van der Waals surface area contributed by atoms with Crippen LogP contribution in [0, 0.1) is 0 Å². The third kappa shape index (κ3) is 31.6. The minimum absolute atomic E-state index is 0.102. The number of likely N-dealkylation sites (N-methyl/N-ethyl adjacent to an activating group) is 1. The lowest BCUT2D eigenvalue weighted by molar-refractivity contribution is -0.143. The van der Waals surface area contributed by atoms with Crippen molar-refractivity contribution in [2.24, 2.45) is 0 Å². The highest BCUT2D eigenvalue weighted by molar-refractivity contribution is 5.69. The summed E-state index contributed by atoms with van der Waals surface area (Å²) in [5.41, 5.74) is 0. The fourth-order valence-electron chi connectivity index (χ4n) is 5.83. The molecule has 1 fully saturated rings. The van der Waals surface area contributed by atoms with E-state index in [1.807, 2.05) is 19.2 Å². The average molecular weight is 706 g/mol.